The van der Waals surface area contributed by atoms with Crippen LogP contribution in [0.2, 0.25) is 0 Å². The van der Waals surface area contributed by atoms with Gasteiger partial charge in [-0.3, -0.25) is 0 Å². The lowest BCUT2D eigenvalue weighted by Gasteiger charge is -2.44. The Morgan fingerprint density at radius 2 is 0.609 bits per heavy atom. The Kier molecular flexibility index (Phi) is 16.5. The molecule has 0 bridgehead atoms. The first-order valence-corrected chi connectivity index (χ1v) is 41.6. The minimum atomic E-state index is -0.442. The monoisotopic (exact) mass is 1490 g/mol. The van der Waals surface area contributed by atoms with Crippen molar-refractivity contribution in [1.29, 1.82) is 0 Å². The van der Waals surface area contributed by atoms with E-state index in [-0.39, 0.29) is 80.0 Å². The van der Waals surface area contributed by atoms with Crippen LogP contribution in [0.3, 0.4) is 0 Å². The zero-order chi connectivity index (χ0) is 84.7. The first-order chi connectivity index (χ1) is 56.8. The van der Waals surface area contributed by atoms with E-state index in [2.05, 4.69) is 373 Å². The highest BCUT2D eigenvalue weighted by molar-refractivity contribution is 5.89. The van der Waals surface area contributed by atoms with Crippen LogP contribution in [0.25, 0.3) is 77.9 Å². The van der Waals surface area contributed by atoms with Crippen LogP contribution in [0, 0.1) is 12.3 Å². The Balaban J connectivity index is 1.01. The molecule has 115 heavy (non-hydrogen) atoms. The molecule has 568 valence electrons. The fourth-order valence-electron chi connectivity index (χ4n) is 19.4. The van der Waals surface area contributed by atoms with Crippen molar-refractivity contribution < 1.29 is 6.85 Å². The fourth-order valence-corrected chi connectivity index (χ4v) is 19.4. The highest BCUT2D eigenvalue weighted by atomic mass is 14.5. The molecule has 14 aromatic rings. The van der Waals surface area contributed by atoms with Crippen LogP contribution >= 0.6 is 0 Å². The van der Waals surface area contributed by atoms with Gasteiger partial charge in [0.25, 0.3) is 0 Å². The third-order valence-corrected chi connectivity index (χ3v) is 25.8. The van der Waals surface area contributed by atoms with E-state index in [4.69, 9.17) is 10.5 Å². The molecule has 0 radical (unpaired) electrons. The second-order valence-electron chi connectivity index (χ2n) is 39.6. The fraction of sp³-hybridized carbons (Fsp3) is 0.252. The highest BCUT2D eigenvalue weighted by Crippen LogP contribution is 2.62. The summed E-state index contributed by atoms with van der Waals surface area (Å²) >= 11 is 0. The number of rotatable bonds is 9. The van der Waals surface area contributed by atoms with Crippen molar-refractivity contribution in [2.75, 3.05) is 0 Å². The zero-order valence-electron chi connectivity index (χ0n) is 75.3. The maximum absolute atomic E-state index is 9.58. The number of hydrogen-bond donors (Lipinski definition) is 0. The van der Waals surface area contributed by atoms with E-state index in [1.54, 1.807) is 0 Å². The summed E-state index contributed by atoms with van der Waals surface area (Å²) in [5.74, 6) is 2.02. The molecule has 4 aliphatic carbocycles. The maximum atomic E-state index is 9.58. The first-order valence-electron chi connectivity index (χ1n) is 44.1. The van der Waals surface area contributed by atoms with Crippen LogP contribution in [-0.4, -0.2) is 0 Å². The molecule has 0 heterocycles. The van der Waals surface area contributed by atoms with E-state index in [9.17, 15) is 2.74 Å². The molecular formula is C115H108. The first kappa shape index (κ1) is 69.2. The Hall–Kier alpha value is -11.4. The molecule has 0 spiro atoms. The van der Waals surface area contributed by atoms with Crippen LogP contribution in [0.4, 0.5) is 0 Å². The second kappa shape index (κ2) is 27.4. The third-order valence-electron chi connectivity index (χ3n) is 25.8. The van der Waals surface area contributed by atoms with Gasteiger partial charge in [0.2, 0.25) is 0 Å². The lowest BCUT2D eigenvalue weighted by molar-refractivity contribution is 0.568. The van der Waals surface area contributed by atoms with Gasteiger partial charge in [-0.1, -0.05) is 397 Å². The minimum absolute atomic E-state index is 0.0606. The van der Waals surface area contributed by atoms with Crippen molar-refractivity contribution in [2.45, 2.75) is 187 Å². The SMILES string of the molecule is [2H]c1c([2H])c([2H])c(-c2ccccc2-c2cc(-c3ccccc3)cc(C3c4cc(-c5cc(C(C)(C)C)cc(C(C)(C)C)c5)ccc4C4c5ccc(-c6cc(C(C)(C)C)cc(C(C)(C)C)c6)cc5C(c5cc(C6c7ccccc7-c7ccccc76)ccc5C#C)c5cc(C6c7ccc(C(C)(C)C)cc7-c7cc(C(C)(C)C)ccc76)cc3c54)c2)c([2H])c1[2H]. The van der Waals surface area contributed by atoms with Crippen LogP contribution in [0.15, 0.2) is 291 Å². The van der Waals surface area contributed by atoms with Crippen molar-refractivity contribution in [3.8, 4) is 90.2 Å². The molecule has 0 saturated carbocycles. The molecule has 3 unspecified atom stereocenters. The lowest BCUT2D eigenvalue weighted by Crippen LogP contribution is -2.29. The van der Waals surface area contributed by atoms with Crippen molar-refractivity contribution in [3.05, 3.63) is 413 Å². The molecule has 18 rings (SSSR count). The van der Waals surface area contributed by atoms with Gasteiger partial charge < -0.3 is 0 Å². The van der Waals surface area contributed by atoms with Crippen molar-refractivity contribution in [2.24, 2.45) is 0 Å². The van der Waals surface area contributed by atoms with E-state index in [0.29, 0.717) is 5.56 Å². The Labute approximate surface area is 692 Å². The predicted molar refractivity (Wildman–Crippen MR) is 488 cm³/mol. The van der Waals surface area contributed by atoms with Crippen molar-refractivity contribution in [1.82, 2.24) is 0 Å². The average molecular weight is 1500 g/mol. The van der Waals surface area contributed by atoms with E-state index in [1.165, 1.54) is 139 Å². The summed E-state index contributed by atoms with van der Waals surface area (Å²) in [6, 6.07) is 98.6. The minimum Gasteiger partial charge on any atom is -0.115 e. The Bertz CT molecular complexity index is 6420. The van der Waals surface area contributed by atoms with Gasteiger partial charge in [0.05, 0.1) is 6.85 Å². The van der Waals surface area contributed by atoms with Crippen LogP contribution in [0.1, 0.15) is 283 Å². The molecule has 0 heteroatoms. The largest absolute Gasteiger partial charge is 0.115 e. The van der Waals surface area contributed by atoms with Gasteiger partial charge in [0.1, 0.15) is 0 Å². The van der Waals surface area contributed by atoms with Gasteiger partial charge in [-0.2, -0.15) is 0 Å². The van der Waals surface area contributed by atoms with Gasteiger partial charge in [-0.05, 0) is 251 Å². The van der Waals surface area contributed by atoms with Gasteiger partial charge in [-0.25, -0.2) is 0 Å². The van der Waals surface area contributed by atoms with E-state index in [1.807, 2.05) is 18.2 Å². The molecule has 0 aliphatic heterocycles. The third kappa shape index (κ3) is 13.2. The quantitative estimate of drug-likeness (QED) is 0.126. The average Bonchev–Trinajstić information content (AvgIpc) is 0.813. The summed E-state index contributed by atoms with van der Waals surface area (Å²) in [7, 11) is 0. The summed E-state index contributed by atoms with van der Waals surface area (Å²) in [6.07, 6.45) is 7.21. The summed E-state index contributed by atoms with van der Waals surface area (Å²) < 4.78 is 46.1. The van der Waals surface area contributed by atoms with Gasteiger partial charge in [0, 0.05) is 35.2 Å². The van der Waals surface area contributed by atoms with Gasteiger partial charge >= 0.3 is 0 Å². The molecule has 0 saturated heterocycles. The predicted octanol–water partition coefficient (Wildman–Crippen LogP) is 30.3. The molecule has 0 fully saturated rings. The van der Waals surface area contributed by atoms with Gasteiger partial charge in [0.15, 0.2) is 0 Å². The maximum Gasteiger partial charge on any atom is 0.0629 e. The molecule has 3 atom stereocenters. The topological polar surface area (TPSA) is 0 Å². The standard InChI is InChI=1S/C115H108/c1-20-69-43-44-74(104-91-41-31-29-39-89(91)90-40-30-32-42-92(90)104)62-97(69)107-101-61-73(77-58-85(114(14,15)16)66-86(59-77)115(17,18)19)46-50-96(101)108-95-49-45-72(76-56-83(112(8,9)10)65-84(57-76)113(11,12)13)60-100(95)106(79-54-75(70-33-23-21-24-34-70)53-78(55-79)88-38-28-27-37-87(88)71-35-25-22-26-36-71)102-63-80(64-103(107)109(102)108)105-93-51-47-81(110(2,3)4)67-98(93)99-68-82(111(5,6)7)48-52-94(99)105/h1,21-68,104-108H,2-19H3/i22D,25D,26D,35D,36D. The lowest BCUT2D eigenvalue weighted by atomic mass is 9.59. The molecule has 0 nitrogen and oxygen atoms in total. The van der Waals surface area contributed by atoms with Gasteiger partial charge in [-0.15, -0.1) is 6.42 Å². The summed E-state index contributed by atoms with van der Waals surface area (Å²) in [4.78, 5) is 0. The van der Waals surface area contributed by atoms with Crippen molar-refractivity contribution in [3.63, 3.8) is 0 Å². The number of hydrogen-bond acceptors (Lipinski definition) is 0. The van der Waals surface area contributed by atoms with E-state index >= 15 is 0 Å². The van der Waals surface area contributed by atoms with E-state index in [0.717, 1.165) is 50.1 Å². The summed E-state index contributed by atoms with van der Waals surface area (Å²) in [5, 5.41) is 0. The van der Waals surface area contributed by atoms with Crippen LogP contribution in [0.5, 0.6) is 0 Å². The second-order valence-corrected chi connectivity index (χ2v) is 39.6. The molecule has 0 aromatic heterocycles. The Morgan fingerprint density at radius 3 is 1.10 bits per heavy atom. The normalized spacial score (nSPS) is 16.4. The van der Waals surface area contributed by atoms with Crippen molar-refractivity contribution >= 4 is 0 Å². The van der Waals surface area contributed by atoms with E-state index < -0.39 is 17.9 Å². The highest BCUT2D eigenvalue weighted by Gasteiger charge is 2.46. The molecule has 0 amide bonds. The molecule has 0 N–H and O–H groups in total. The summed E-state index contributed by atoms with van der Waals surface area (Å²) in [6.45, 7) is 42.0. The Morgan fingerprint density at radius 1 is 0.226 bits per heavy atom. The zero-order valence-corrected chi connectivity index (χ0v) is 70.3. The smallest absolute Gasteiger partial charge is 0.0629 e. The molecular weight excluding hydrogens is 1380 g/mol. The van der Waals surface area contributed by atoms with Crippen LogP contribution in [-0.2, 0) is 32.5 Å². The number of fused-ring (bicyclic) bond motifs is 10. The number of terminal acetylenes is 1. The molecule has 4 aliphatic rings. The molecule has 14 aromatic carbocycles. The summed E-state index contributed by atoms with van der Waals surface area (Å²) in [5.41, 5.74) is 40.0. The van der Waals surface area contributed by atoms with Crippen LogP contribution < -0.4 is 0 Å². The number of benzene rings is 14.